The van der Waals surface area contributed by atoms with Crippen molar-refractivity contribution in [2.45, 2.75) is 77.9 Å². The summed E-state index contributed by atoms with van der Waals surface area (Å²) in [7, 11) is 0. The van der Waals surface area contributed by atoms with Gasteiger partial charge in [0.2, 0.25) is 5.82 Å². The van der Waals surface area contributed by atoms with Gasteiger partial charge in [-0.15, -0.1) is 0 Å². The van der Waals surface area contributed by atoms with E-state index in [1.807, 2.05) is 0 Å². The standard InChI is InChI=1S/C24H36N6O5/c1-5-26-22(33)19(16(32)12-31)35-14-30-13-27-18-20(25)28-17(29-21(18)30)8-11-24(34)9-6-15(7-10-24)23(2,3)4/h13,15-16,19,31-32,34H,5-7,9-10,12,14H2,1-4H3,(H,26,33)(H2,25,28,29)/t15?,16?,19-,24?/m0/s1. The highest BCUT2D eigenvalue weighted by molar-refractivity contribution is 5.82. The van der Waals surface area contributed by atoms with Crippen LogP contribution in [0.25, 0.3) is 11.2 Å². The lowest BCUT2D eigenvalue weighted by atomic mass is 9.68. The predicted octanol–water partition coefficient (Wildman–Crippen LogP) is 0.559. The van der Waals surface area contributed by atoms with E-state index in [1.165, 1.54) is 10.9 Å². The minimum atomic E-state index is -1.40. The molecule has 1 unspecified atom stereocenters. The third kappa shape index (κ3) is 6.46. The maximum Gasteiger partial charge on any atom is 0.252 e. The van der Waals surface area contributed by atoms with Crippen molar-refractivity contribution in [1.82, 2.24) is 24.8 Å². The molecular formula is C24H36N6O5. The molecule has 11 nitrogen and oxygen atoms in total. The van der Waals surface area contributed by atoms with E-state index < -0.39 is 30.3 Å². The molecule has 11 heteroatoms. The van der Waals surface area contributed by atoms with Crippen molar-refractivity contribution >= 4 is 22.9 Å². The smallest absolute Gasteiger partial charge is 0.252 e. The molecule has 1 amide bonds. The van der Waals surface area contributed by atoms with Gasteiger partial charge in [-0.3, -0.25) is 9.36 Å². The van der Waals surface area contributed by atoms with Gasteiger partial charge in [0.05, 0.1) is 12.9 Å². The van der Waals surface area contributed by atoms with E-state index in [9.17, 15) is 20.1 Å². The van der Waals surface area contributed by atoms with Gasteiger partial charge in [-0.25, -0.2) is 15.0 Å². The predicted molar refractivity (Wildman–Crippen MR) is 130 cm³/mol. The van der Waals surface area contributed by atoms with E-state index in [1.54, 1.807) is 6.92 Å². The van der Waals surface area contributed by atoms with Crippen molar-refractivity contribution in [1.29, 1.82) is 0 Å². The summed E-state index contributed by atoms with van der Waals surface area (Å²) >= 11 is 0. The molecule has 2 heterocycles. The van der Waals surface area contributed by atoms with Gasteiger partial charge in [-0.2, -0.15) is 0 Å². The fraction of sp³-hybridized carbons (Fsp3) is 0.667. The highest BCUT2D eigenvalue weighted by Crippen LogP contribution is 2.41. The Morgan fingerprint density at radius 2 is 2.06 bits per heavy atom. The molecule has 1 saturated carbocycles. The molecule has 0 spiro atoms. The zero-order valence-electron chi connectivity index (χ0n) is 20.8. The van der Waals surface area contributed by atoms with Gasteiger partial charge >= 0.3 is 0 Å². The molecule has 192 valence electrons. The van der Waals surface area contributed by atoms with Gasteiger partial charge in [0.1, 0.15) is 24.0 Å². The van der Waals surface area contributed by atoms with Crippen LogP contribution in [0.15, 0.2) is 6.33 Å². The maximum atomic E-state index is 12.2. The van der Waals surface area contributed by atoms with Gasteiger partial charge in [-0.1, -0.05) is 26.7 Å². The Kier molecular flexibility index (Phi) is 8.33. The van der Waals surface area contributed by atoms with Crippen LogP contribution in [0.1, 0.15) is 59.2 Å². The number of rotatable bonds is 7. The van der Waals surface area contributed by atoms with Crippen LogP contribution >= 0.6 is 0 Å². The molecule has 3 rings (SSSR count). The van der Waals surface area contributed by atoms with Gasteiger partial charge in [0.25, 0.3) is 5.91 Å². The third-order valence-electron chi connectivity index (χ3n) is 6.47. The molecule has 1 aliphatic carbocycles. The number of nitrogens with two attached hydrogens (primary N) is 1. The van der Waals surface area contributed by atoms with Crippen LogP contribution in [-0.4, -0.2) is 71.7 Å². The molecule has 2 aromatic heterocycles. The van der Waals surface area contributed by atoms with Crippen molar-refractivity contribution in [3.63, 3.8) is 0 Å². The number of anilines is 1. The van der Waals surface area contributed by atoms with Crippen LogP contribution in [0, 0.1) is 23.2 Å². The van der Waals surface area contributed by atoms with Crippen LogP contribution in [0.2, 0.25) is 0 Å². The molecule has 0 saturated heterocycles. The lowest BCUT2D eigenvalue weighted by molar-refractivity contribution is -0.147. The van der Waals surface area contributed by atoms with E-state index in [-0.39, 0.29) is 23.8 Å². The fourth-order valence-electron chi connectivity index (χ4n) is 4.27. The van der Waals surface area contributed by atoms with E-state index >= 15 is 0 Å². The van der Waals surface area contributed by atoms with Crippen LogP contribution in [0.3, 0.4) is 0 Å². The normalized spacial score (nSPS) is 22.3. The summed E-state index contributed by atoms with van der Waals surface area (Å²) in [5.74, 6) is 6.06. The Balaban J connectivity index is 1.79. The van der Waals surface area contributed by atoms with Crippen molar-refractivity contribution in [2.24, 2.45) is 11.3 Å². The summed E-state index contributed by atoms with van der Waals surface area (Å²) in [5, 5.41) is 32.7. The molecule has 0 aliphatic heterocycles. The van der Waals surface area contributed by atoms with Crippen LogP contribution in [0.5, 0.6) is 0 Å². The van der Waals surface area contributed by atoms with E-state index in [0.29, 0.717) is 36.5 Å². The Morgan fingerprint density at radius 3 is 2.66 bits per heavy atom. The monoisotopic (exact) mass is 488 g/mol. The second-order valence-corrected chi connectivity index (χ2v) is 10.1. The molecule has 0 bridgehead atoms. The lowest BCUT2D eigenvalue weighted by Gasteiger charge is -2.39. The minimum Gasteiger partial charge on any atom is -0.394 e. The third-order valence-corrected chi connectivity index (χ3v) is 6.47. The van der Waals surface area contributed by atoms with E-state index in [4.69, 9.17) is 10.5 Å². The highest BCUT2D eigenvalue weighted by atomic mass is 16.5. The zero-order valence-corrected chi connectivity index (χ0v) is 20.8. The number of fused-ring (bicyclic) bond motifs is 1. The summed E-state index contributed by atoms with van der Waals surface area (Å²) in [5.41, 5.74) is 5.82. The first-order chi connectivity index (χ1) is 16.5. The maximum absolute atomic E-state index is 12.2. The van der Waals surface area contributed by atoms with Gasteiger partial charge < -0.3 is 31.1 Å². The second kappa shape index (κ2) is 10.9. The number of hydrogen-bond donors (Lipinski definition) is 5. The fourth-order valence-corrected chi connectivity index (χ4v) is 4.27. The number of aliphatic hydroxyl groups excluding tert-OH is 2. The summed E-state index contributed by atoms with van der Waals surface area (Å²) in [6, 6.07) is 0. The summed E-state index contributed by atoms with van der Waals surface area (Å²) in [6.45, 7) is 7.91. The van der Waals surface area contributed by atoms with E-state index in [0.717, 1.165) is 12.8 Å². The highest BCUT2D eigenvalue weighted by Gasteiger charge is 2.36. The summed E-state index contributed by atoms with van der Waals surface area (Å²) in [6.07, 6.45) is 1.70. The second-order valence-electron chi connectivity index (χ2n) is 10.1. The Labute approximate surface area is 205 Å². The number of nitrogen functional groups attached to an aromatic ring is 1. The number of hydrogen-bond acceptors (Lipinski definition) is 9. The number of aromatic nitrogens is 4. The van der Waals surface area contributed by atoms with Crippen molar-refractivity contribution in [3.8, 4) is 11.8 Å². The number of carbonyl (C=O) groups excluding carboxylic acids is 1. The molecule has 2 atom stereocenters. The van der Waals surface area contributed by atoms with Crippen LogP contribution in [0.4, 0.5) is 5.82 Å². The molecule has 2 aromatic rings. The number of nitrogens with one attached hydrogen (secondary N) is 1. The van der Waals surface area contributed by atoms with Gasteiger partial charge in [-0.05, 0) is 49.9 Å². The number of aliphatic hydroxyl groups is 3. The van der Waals surface area contributed by atoms with Crippen LogP contribution in [-0.2, 0) is 16.3 Å². The number of carbonyl (C=O) groups is 1. The first kappa shape index (κ1) is 26.8. The Hall–Kier alpha value is -2.78. The Morgan fingerprint density at radius 1 is 1.37 bits per heavy atom. The zero-order chi connectivity index (χ0) is 25.8. The molecule has 0 radical (unpaired) electrons. The first-order valence-electron chi connectivity index (χ1n) is 11.9. The molecule has 0 aromatic carbocycles. The van der Waals surface area contributed by atoms with Crippen LogP contribution < -0.4 is 11.1 Å². The van der Waals surface area contributed by atoms with Gasteiger partial charge in [0.15, 0.2) is 17.6 Å². The number of ether oxygens (including phenoxy) is 1. The van der Waals surface area contributed by atoms with E-state index in [2.05, 4.69) is 52.9 Å². The van der Waals surface area contributed by atoms with Gasteiger partial charge in [0, 0.05) is 6.54 Å². The topological polar surface area (TPSA) is 169 Å². The summed E-state index contributed by atoms with van der Waals surface area (Å²) < 4.78 is 7.07. The van der Waals surface area contributed by atoms with Crippen molar-refractivity contribution in [3.05, 3.63) is 12.2 Å². The molecule has 35 heavy (non-hydrogen) atoms. The minimum absolute atomic E-state index is 0.122. The summed E-state index contributed by atoms with van der Waals surface area (Å²) in [4.78, 5) is 25.0. The molecule has 1 fully saturated rings. The average molecular weight is 489 g/mol. The number of likely N-dealkylation sites (N-methyl/N-ethyl adjacent to an activating group) is 1. The first-order valence-corrected chi connectivity index (χ1v) is 11.9. The Bertz CT molecular complexity index is 1090. The quantitative estimate of drug-likeness (QED) is 0.350. The van der Waals surface area contributed by atoms with Crippen molar-refractivity contribution < 1.29 is 24.9 Å². The lowest BCUT2D eigenvalue weighted by Crippen LogP contribution is -2.45. The number of amides is 1. The van der Waals surface area contributed by atoms with Crippen molar-refractivity contribution in [2.75, 3.05) is 18.9 Å². The SMILES string of the molecule is CCNC(=O)[C@@H](OCn1cnc2c(N)nc(C#CC3(O)CCC(C(C)(C)C)CC3)nc21)C(O)CO. The largest absolute Gasteiger partial charge is 0.394 e. The molecular weight excluding hydrogens is 452 g/mol. The number of imidazole rings is 1. The molecule has 1 aliphatic rings. The molecule has 6 N–H and O–H groups in total. The number of nitrogens with zero attached hydrogens (tertiary/aromatic N) is 4. The average Bonchev–Trinajstić information content (AvgIpc) is 3.21.